The van der Waals surface area contributed by atoms with E-state index in [9.17, 15) is 4.79 Å². The molecular weight excluding hydrogens is 410 g/mol. The van der Waals surface area contributed by atoms with E-state index in [0.717, 1.165) is 10.0 Å². The Labute approximate surface area is 164 Å². The van der Waals surface area contributed by atoms with E-state index in [4.69, 9.17) is 14.4 Å². The van der Waals surface area contributed by atoms with Gasteiger partial charge in [0.05, 0.1) is 11.8 Å². The van der Waals surface area contributed by atoms with Crippen LogP contribution in [0.4, 0.5) is 0 Å². The minimum atomic E-state index is -0.446. The van der Waals surface area contributed by atoms with Gasteiger partial charge in [0.15, 0.2) is 6.61 Å². The Morgan fingerprint density at radius 1 is 1.19 bits per heavy atom. The van der Waals surface area contributed by atoms with Gasteiger partial charge in [-0.2, -0.15) is 10.4 Å². The molecule has 0 atom stereocenters. The molecule has 3 aromatic rings. The van der Waals surface area contributed by atoms with E-state index in [-0.39, 0.29) is 6.61 Å². The predicted molar refractivity (Wildman–Crippen MR) is 104 cm³/mol. The number of ether oxygens (including phenoxy) is 1. The number of benzene rings is 2. The van der Waals surface area contributed by atoms with Crippen molar-refractivity contribution in [1.29, 1.82) is 5.26 Å². The first kappa shape index (κ1) is 18.4. The summed E-state index contributed by atoms with van der Waals surface area (Å²) < 4.78 is 12.0. The van der Waals surface area contributed by atoms with Crippen molar-refractivity contribution in [2.75, 3.05) is 6.61 Å². The minimum Gasteiger partial charge on any atom is -0.482 e. The number of carbonyl (C=O) groups excluding carboxylic acids is 1. The quantitative estimate of drug-likeness (QED) is 0.477. The molecule has 0 fully saturated rings. The number of nitriles is 1. The smallest absolute Gasteiger partial charge is 0.277 e. The largest absolute Gasteiger partial charge is 0.482 e. The SMILES string of the molecule is N#Cc1ccccc1OCC(=O)N/N=C\c1ccc(-c2ccc(Br)cc2)o1. The lowest BCUT2D eigenvalue weighted by Crippen LogP contribution is -2.24. The molecule has 0 radical (unpaired) electrons. The van der Waals surface area contributed by atoms with Gasteiger partial charge in [-0.1, -0.05) is 40.2 Å². The van der Waals surface area contributed by atoms with E-state index in [1.807, 2.05) is 36.4 Å². The number of amides is 1. The lowest BCUT2D eigenvalue weighted by Gasteiger charge is -2.05. The first-order valence-electron chi connectivity index (χ1n) is 7.95. The Morgan fingerprint density at radius 2 is 1.96 bits per heavy atom. The highest BCUT2D eigenvalue weighted by Gasteiger charge is 2.06. The maximum absolute atomic E-state index is 11.8. The van der Waals surface area contributed by atoms with Gasteiger partial charge in [-0.3, -0.25) is 4.79 Å². The lowest BCUT2D eigenvalue weighted by molar-refractivity contribution is -0.123. The van der Waals surface area contributed by atoms with E-state index >= 15 is 0 Å². The van der Waals surface area contributed by atoms with Crippen LogP contribution in [0.15, 0.2) is 74.7 Å². The minimum absolute atomic E-state index is 0.252. The van der Waals surface area contributed by atoms with Gasteiger partial charge in [0.1, 0.15) is 23.3 Å². The topological polar surface area (TPSA) is 87.6 Å². The fraction of sp³-hybridized carbons (Fsp3) is 0.0500. The van der Waals surface area contributed by atoms with Gasteiger partial charge in [-0.15, -0.1) is 0 Å². The molecule has 0 saturated carbocycles. The molecule has 1 heterocycles. The molecule has 1 aromatic heterocycles. The zero-order valence-electron chi connectivity index (χ0n) is 14.1. The molecule has 6 nitrogen and oxygen atoms in total. The van der Waals surface area contributed by atoms with E-state index in [2.05, 4.69) is 26.5 Å². The number of hydrogen-bond acceptors (Lipinski definition) is 5. The Bertz CT molecular complexity index is 1000. The number of rotatable bonds is 6. The molecule has 0 unspecified atom stereocenters. The summed E-state index contributed by atoms with van der Waals surface area (Å²) >= 11 is 3.39. The van der Waals surface area contributed by atoms with Crippen LogP contribution in [0.5, 0.6) is 5.75 Å². The number of hydrogen-bond donors (Lipinski definition) is 1. The number of nitrogens with one attached hydrogen (secondary N) is 1. The van der Waals surface area contributed by atoms with Crippen LogP contribution in [0.3, 0.4) is 0 Å². The summed E-state index contributed by atoms with van der Waals surface area (Å²) in [5, 5.41) is 12.8. The second kappa shape index (κ2) is 8.83. The molecule has 3 rings (SSSR count). The molecule has 27 heavy (non-hydrogen) atoms. The van der Waals surface area contributed by atoms with Gasteiger partial charge < -0.3 is 9.15 Å². The molecule has 0 aliphatic rings. The molecule has 0 aliphatic heterocycles. The summed E-state index contributed by atoms with van der Waals surface area (Å²) in [5.74, 6) is 1.11. The van der Waals surface area contributed by atoms with Crippen LogP contribution in [-0.4, -0.2) is 18.7 Å². The normalized spacial score (nSPS) is 10.5. The van der Waals surface area contributed by atoms with Crippen molar-refractivity contribution in [2.24, 2.45) is 5.10 Å². The fourth-order valence-corrected chi connectivity index (χ4v) is 2.48. The summed E-state index contributed by atoms with van der Waals surface area (Å²) in [5.41, 5.74) is 3.65. The average Bonchev–Trinajstić information content (AvgIpc) is 3.16. The Balaban J connectivity index is 1.52. The lowest BCUT2D eigenvalue weighted by atomic mass is 10.2. The van der Waals surface area contributed by atoms with Crippen molar-refractivity contribution in [3.63, 3.8) is 0 Å². The first-order chi connectivity index (χ1) is 13.2. The number of para-hydroxylation sites is 1. The van der Waals surface area contributed by atoms with E-state index in [0.29, 0.717) is 22.8 Å². The fourth-order valence-electron chi connectivity index (χ4n) is 2.22. The molecular formula is C20H14BrN3O3. The molecule has 2 aromatic carbocycles. The standard InChI is InChI=1S/C20H14BrN3O3/c21-16-7-5-14(6-8-16)19-10-9-17(27-19)12-23-24-20(25)13-26-18-4-2-1-3-15(18)11-22/h1-10,12H,13H2,(H,24,25)/b23-12-. The Kier molecular flexibility index (Phi) is 6.02. The van der Waals surface area contributed by atoms with Gasteiger partial charge in [-0.05, 0) is 36.4 Å². The van der Waals surface area contributed by atoms with Gasteiger partial charge in [0.2, 0.25) is 0 Å². The number of carbonyl (C=O) groups is 1. The molecule has 0 bridgehead atoms. The first-order valence-corrected chi connectivity index (χ1v) is 8.74. The third-order valence-electron chi connectivity index (χ3n) is 3.50. The summed E-state index contributed by atoms with van der Waals surface area (Å²) in [6.07, 6.45) is 1.41. The predicted octanol–water partition coefficient (Wildman–Crippen LogP) is 4.11. The molecule has 0 aliphatic carbocycles. The second-order valence-electron chi connectivity index (χ2n) is 5.40. The summed E-state index contributed by atoms with van der Waals surface area (Å²) in [7, 11) is 0. The highest BCUT2D eigenvalue weighted by molar-refractivity contribution is 9.10. The van der Waals surface area contributed by atoms with Crippen molar-refractivity contribution in [2.45, 2.75) is 0 Å². The summed E-state index contributed by atoms with van der Waals surface area (Å²) in [6.45, 7) is -0.252. The number of nitrogens with zero attached hydrogens (tertiary/aromatic N) is 2. The van der Waals surface area contributed by atoms with Crippen LogP contribution in [0, 0.1) is 11.3 Å². The molecule has 7 heteroatoms. The average molecular weight is 424 g/mol. The van der Waals surface area contributed by atoms with Crippen LogP contribution >= 0.6 is 15.9 Å². The zero-order chi connectivity index (χ0) is 19.1. The van der Waals surface area contributed by atoms with Crippen molar-refractivity contribution >= 4 is 28.1 Å². The van der Waals surface area contributed by atoms with Crippen molar-refractivity contribution in [3.8, 4) is 23.1 Å². The Morgan fingerprint density at radius 3 is 2.74 bits per heavy atom. The Hall–Kier alpha value is -3.37. The molecule has 134 valence electrons. The van der Waals surface area contributed by atoms with Crippen LogP contribution in [0.1, 0.15) is 11.3 Å². The number of hydrazone groups is 1. The van der Waals surface area contributed by atoms with Crippen LogP contribution in [0.25, 0.3) is 11.3 Å². The van der Waals surface area contributed by atoms with Crippen molar-refractivity contribution in [3.05, 3.63) is 76.5 Å². The summed E-state index contributed by atoms with van der Waals surface area (Å²) in [4.78, 5) is 11.8. The molecule has 0 spiro atoms. The van der Waals surface area contributed by atoms with E-state index in [1.165, 1.54) is 6.21 Å². The van der Waals surface area contributed by atoms with Gasteiger partial charge in [-0.25, -0.2) is 5.43 Å². The van der Waals surface area contributed by atoms with Gasteiger partial charge in [0, 0.05) is 10.0 Å². The maximum Gasteiger partial charge on any atom is 0.277 e. The van der Waals surface area contributed by atoms with Crippen molar-refractivity contribution < 1.29 is 13.9 Å². The van der Waals surface area contributed by atoms with Gasteiger partial charge >= 0.3 is 0 Å². The van der Waals surface area contributed by atoms with Crippen LogP contribution in [-0.2, 0) is 4.79 Å². The summed E-state index contributed by atoms with van der Waals surface area (Å²) in [6, 6.07) is 20.0. The highest BCUT2D eigenvalue weighted by Crippen LogP contribution is 2.23. The third kappa shape index (κ3) is 5.06. The van der Waals surface area contributed by atoms with E-state index in [1.54, 1.807) is 30.3 Å². The highest BCUT2D eigenvalue weighted by atomic mass is 79.9. The van der Waals surface area contributed by atoms with Crippen LogP contribution < -0.4 is 10.2 Å². The number of furan rings is 1. The zero-order valence-corrected chi connectivity index (χ0v) is 15.6. The molecule has 1 N–H and O–H groups in total. The molecule has 1 amide bonds. The van der Waals surface area contributed by atoms with Crippen LogP contribution in [0.2, 0.25) is 0 Å². The molecule has 0 saturated heterocycles. The van der Waals surface area contributed by atoms with Crippen molar-refractivity contribution in [1.82, 2.24) is 5.43 Å². The maximum atomic E-state index is 11.8. The van der Waals surface area contributed by atoms with Gasteiger partial charge in [0.25, 0.3) is 5.91 Å². The van der Waals surface area contributed by atoms with E-state index < -0.39 is 5.91 Å². The monoisotopic (exact) mass is 423 g/mol. The second-order valence-corrected chi connectivity index (χ2v) is 6.31. The number of halogens is 1. The third-order valence-corrected chi connectivity index (χ3v) is 4.03.